The fraction of sp³-hybridized carbons (Fsp3) is 0.524. The van der Waals surface area contributed by atoms with E-state index in [1.807, 2.05) is 24.3 Å². The highest BCUT2D eigenvalue weighted by atomic mass is 35.5. The molecule has 0 bridgehead atoms. The van der Waals surface area contributed by atoms with Crippen LogP contribution in [0.1, 0.15) is 48.8 Å². The van der Waals surface area contributed by atoms with Gasteiger partial charge in [0.05, 0.1) is 24.4 Å². The van der Waals surface area contributed by atoms with Crippen LogP contribution in [-0.4, -0.2) is 60.4 Å². The van der Waals surface area contributed by atoms with Crippen molar-refractivity contribution in [3.05, 3.63) is 52.7 Å². The van der Waals surface area contributed by atoms with Gasteiger partial charge in [0.15, 0.2) is 5.89 Å². The van der Waals surface area contributed by atoms with Crippen LogP contribution >= 0.6 is 11.6 Å². The Morgan fingerprint density at radius 3 is 2.90 bits per heavy atom. The van der Waals surface area contributed by atoms with Gasteiger partial charge in [0, 0.05) is 31.1 Å². The Hall–Kier alpha value is -1.90. The summed E-state index contributed by atoms with van der Waals surface area (Å²) in [5.41, 5.74) is 1.05. The van der Waals surface area contributed by atoms with Crippen molar-refractivity contribution in [1.82, 2.24) is 14.2 Å². The first-order valence-electron chi connectivity index (χ1n) is 10.4. The lowest BCUT2D eigenvalue weighted by molar-refractivity contribution is -0.132. The van der Waals surface area contributed by atoms with E-state index < -0.39 is 10.0 Å². The summed E-state index contributed by atoms with van der Waals surface area (Å²) in [6.07, 6.45) is 5.55. The smallest absolute Gasteiger partial charge is 0.237 e. The summed E-state index contributed by atoms with van der Waals surface area (Å²) < 4.78 is 31.7. The topological polar surface area (TPSA) is 83.7 Å². The Morgan fingerprint density at radius 2 is 2.10 bits per heavy atom. The zero-order valence-corrected chi connectivity index (χ0v) is 18.4. The molecule has 9 heteroatoms. The maximum absolute atomic E-state index is 12.8. The minimum atomic E-state index is -3.31. The highest BCUT2D eigenvalue weighted by molar-refractivity contribution is 7.89. The van der Waals surface area contributed by atoms with Gasteiger partial charge in [0.1, 0.15) is 5.76 Å². The number of aromatic nitrogens is 1. The Balaban J connectivity index is 1.38. The molecule has 1 aromatic carbocycles. The average molecular weight is 452 g/mol. The predicted octanol–water partition coefficient (Wildman–Crippen LogP) is 3.05. The molecular weight excluding hydrogens is 426 g/mol. The number of hydrogen-bond donors (Lipinski definition) is 0. The summed E-state index contributed by atoms with van der Waals surface area (Å²) in [7, 11) is -3.31. The Morgan fingerprint density at radius 1 is 1.23 bits per heavy atom. The summed E-state index contributed by atoms with van der Waals surface area (Å²) in [5, 5.41) is 0.685. The molecule has 0 N–H and O–H groups in total. The minimum absolute atomic E-state index is 0.0220. The van der Waals surface area contributed by atoms with Gasteiger partial charge in [-0.2, -0.15) is 4.31 Å². The zero-order valence-electron chi connectivity index (χ0n) is 16.8. The molecule has 2 aromatic rings. The van der Waals surface area contributed by atoms with E-state index in [2.05, 4.69) is 4.98 Å². The Labute approximate surface area is 182 Å². The van der Waals surface area contributed by atoms with Crippen molar-refractivity contribution >= 4 is 27.5 Å². The van der Waals surface area contributed by atoms with Crippen molar-refractivity contribution in [3.63, 3.8) is 0 Å². The molecule has 30 heavy (non-hydrogen) atoms. The van der Waals surface area contributed by atoms with E-state index in [4.69, 9.17) is 16.0 Å². The van der Waals surface area contributed by atoms with Crippen LogP contribution in [0.4, 0.5) is 0 Å². The monoisotopic (exact) mass is 451 g/mol. The van der Waals surface area contributed by atoms with Crippen LogP contribution in [0, 0.1) is 0 Å². The zero-order chi connectivity index (χ0) is 21.1. The first kappa shape index (κ1) is 21.3. The normalized spacial score (nSPS) is 22.2. The van der Waals surface area contributed by atoms with Gasteiger partial charge < -0.3 is 9.32 Å². The largest absolute Gasteiger partial charge is 0.445 e. The van der Waals surface area contributed by atoms with Gasteiger partial charge in [0.25, 0.3) is 0 Å². The number of amides is 1. The van der Waals surface area contributed by atoms with E-state index in [9.17, 15) is 13.2 Å². The lowest BCUT2D eigenvalue weighted by atomic mass is 9.98. The molecule has 3 heterocycles. The Kier molecular flexibility index (Phi) is 6.46. The van der Waals surface area contributed by atoms with Gasteiger partial charge in [-0.15, -0.1) is 0 Å². The van der Waals surface area contributed by atoms with Crippen molar-refractivity contribution in [3.8, 4) is 0 Å². The fourth-order valence-electron chi connectivity index (χ4n) is 4.12. The van der Waals surface area contributed by atoms with E-state index in [0.29, 0.717) is 43.4 Å². The summed E-state index contributed by atoms with van der Waals surface area (Å²) in [5.74, 6) is 1.41. The third-order valence-corrected chi connectivity index (χ3v) is 7.87. The highest BCUT2D eigenvalue weighted by Gasteiger charge is 2.32. The number of halogens is 1. The van der Waals surface area contributed by atoms with E-state index in [0.717, 1.165) is 30.6 Å². The summed E-state index contributed by atoms with van der Waals surface area (Å²) in [6, 6.07) is 7.63. The lowest BCUT2D eigenvalue weighted by Gasteiger charge is -2.33. The number of carbonyl (C=O) groups is 1. The second-order valence-electron chi connectivity index (χ2n) is 8.01. The molecule has 2 fully saturated rings. The quantitative estimate of drug-likeness (QED) is 0.697. The molecule has 2 aliphatic heterocycles. The number of piperidine rings is 1. The van der Waals surface area contributed by atoms with Crippen LogP contribution in [0.2, 0.25) is 5.02 Å². The van der Waals surface area contributed by atoms with E-state index >= 15 is 0 Å². The van der Waals surface area contributed by atoms with Gasteiger partial charge in [-0.3, -0.25) is 4.79 Å². The number of hydrogen-bond acceptors (Lipinski definition) is 5. The molecule has 0 aliphatic carbocycles. The molecule has 4 rings (SSSR count). The first-order chi connectivity index (χ1) is 14.4. The minimum Gasteiger partial charge on any atom is -0.445 e. The molecular formula is C21H26ClN3O4S. The highest BCUT2D eigenvalue weighted by Crippen LogP contribution is 2.28. The van der Waals surface area contributed by atoms with Crippen molar-refractivity contribution in [1.29, 1.82) is 0 Å². The number of benzene rings is 1. The van der Waals surface area contributed by atoms with Crippen LogP contribution in [0.15, 0.2) is 34.9 Å². The maximum atomic E-state index is 12.8. The lowest BCUT2D eigenvalue weighted by Crippen LogP contribution is -2.48. The molecule has 1 aromatic heterocycles. The number of rotatable bonds is 5. The molecule has 162 valence electrons. The molecule has 0 spiro atoms. The van der Waals surface area contributed by atoms with E-state index in [1.165, 1.54) is 4.31 Å². The molecule has 0 radical (unpaired) electrons. The third-order valence-electron chi connectivity index (χ3n) is 5.73. The SMILES string of the molecule is O=C(CN1CCCCS1(=O)=O)N1CCCC(c2ncc(Cc3cccc(Cl)c3)o2)C1. The van der Waals surface area contributed by atoms with E-state index in [1.54, 1.807) is 11.1 Å². The predicted molar refractivity (Wildman–Crippen MR) is 114 cm³/mol. The van der Waals surface area contributed by atoms with Crippen molar-refractivity contribution < 1.29 is 17.6 Å². The van der Waals surface area contributed by atoms with Crippen LogP contribution < -0.4 is 0 Å². The van der Waals surface area contributed by atoms with Gasteiger partial charge in [-0.25, -0.2) is 13.4 Å². The van der Waals surface area contributed by atoms with Crippen LogP contribution in [0.3, 0.4) is 0 Å². The average Bonchev–Trinajstić information content (AvgIpc) is 3.18. The fourth-order valence-corrected chi connectivity index (χ4v) is 5.87. The molecule has 7 nitrogen and oxygen atoms in total. The Bertz CT molecular complexity index is 1010. The number of carbonyl (C=O) groups excluding carboxylic acids is 1. The third kappa shape index (κ3) is 5.04. The molecule has 1 amide bonds. The second-order valence-corrected chi connectivity index (χ2v) is 10.5. The first-order valence-corrected chi connectivity index (χ1v) is 12.3. The molecule has 1 atom stereocenters. The van der Waals surface area contributed by atoms with Gasteiger partial charge >= 0.3 is 0 Å². The van der Waals surface area contributed by atoms with Crippen LogP contribution in [0.5, 0.6) is 0 Å². The van der Waals surface area contributed by atoms with Gasteiger partial charge in [-0.05, 0) is 43.4 Å². The summed E-state index contributed by atoms with van der Waals surface area (Å²) in [6.45, 7) is 1.50. The second kappa shape index (κ2) is 9.08. The van der Waals surface area contributed by atoms with Gasteiger partial charge in [-0.1, -0.05) is 23.7 Å². The number of nitrogens with zero attached hydrogens (tertiary/aromatic N) is 3. The number of sulfonamides is 1. The van der Waals surface area contributed by atoms with Crippen LogP contribution in [0.25, 0.3) is 0 Å². The van der Waals surface area contributed by atoms with Crippen LogP contribution in [-0.2, 0) is 21.2 Å². The van der Waals surface area contributed by atoms with Crippen molar-refractivity contribution in [2.75, 3.05) is 31.9 Å². The number of likely N-dealkylation sites (tertiary alicyclic amines) is 1. The maximum Gasteiger partial charge on any atom is 0.237 e. The van der Waals surface area contributed by atoms with Gasteiger partial charge in [0.2, 0.25) is 15.9 Å². The van der Waals surface area contributed by atoms with Crippen molar-refractivity contribution in [2.24, 2.45) is 0 Å². The number of oxazole rings is 1. The summed E-state index contributed by atoms with van der Waals surface area (Å²) >= 11 is 6.05. The van der Waals surface area contributed by atoms with Crippen molar-refractivity contribution in [2.45, 2.75) is 38.0 Å². The molecule has 2 saturated heterocycles. The molecule has 0 saturated carbocycles. The summed E-state index contributed by atoms with van der Waals surface area (Å²) in [4.78, 5) is 19.0. The standard InChI is InChI=1S/C21H26ClN3O4S/c22-18-7-3-5-16(11-18)12-19-13-23-21(29-19)17-6-4-8-24(14-17)20(26)15-25-9-1-2-10-30(25,27)28/h3,5,7,11,13,17H,1-2,4,6,8-10,12,14-15H2. The molecule has 1 unspecified atom stereocenters. The molecule has 2 aliphatic rings. The van der Waals surface area contributed by atoms with E-state index in [-0.39, 0.29) is 24.1 Å².